The summed E-state index contributed by atoms with van der Waals surface area (Å²) in [5, 5.41) is 11.0. The van der Waals surface area contributed by atoms with E-state index in [0.29, 0.717) is 11.1 Å². The lowest BCUT2D eigenvalue weighted by atomic mass is 10.1. The minimum Gasteiger partial charge on any atom is -0.298 e. The number of nitrogens with zero attached hydrogens (tertiary/aromatic N) is 1. The molecule has 1 aromatic carbocycles. The first-order valence-electron chi connectivity index (χ1n) is 6.34. The molecule has 0 saturated carbocycles. The van der Waals surface area contributed by atoms with Crippen LogP contribution in [0.2, 0.25) is 0 Å². The maximum absolute atomic E-state index is 12.2. The van der Waals surface area contributed by atoms with Gasteiger partial charge < -0.3 is 0 Å². The molecule has 1 aromatic rings. The molecule has 0 saturated heterocycles. The third-order valence-corrected chi connectivity index (χ3v) is 4.57. The number of benzene rings is 1. The van der Waals surface area contributed by atoms with Crippen molar-refractivity contribution in [3.8, 4) is 0 Å². The number of nitro groups is 1. The molecule has 0 fully saturated rings. The Bertz CT molecular complexity index is 680. The van der Waals surface area contributed by atoms with E-state index in [4.69, 9.17) is 0 Å². The number of aryl methyl sites for hydroxylation is 2. The number of carbonyl (C=O) groups is 1. The minimum atomic E-state index is -4.12. The second-order valence-electron chi connectivity index (χ2n) is 5.11. The molecule has 0 radical (unpaired) electrons. The molecule has 0 aromatic heterocycles. The zero-order valence-electron chi connectivity index (χ0n) is 12.3. The van der Waals surface area contributed by atoms with Crippen molar-refractivity contribution in [1.82, 2.24) is 4.72 Å². The van der Waals surface area contributed by atoms with Gasteiger partial charge in [-0.2, -0.15) is 0 Å². The first-order chi connectivity index (χ1) is 9.56. The average Bonchev–Trinajstić information content (AvgIpc) is 2.38. The van der Waals surface area contributed by atoms with Crippen LogP contribution in [0, 0.1) is 29.9 Å². The molecule has 0 aliphatic rings. The molecule has 8 heteroatoms. The van der Waals surface area contributed by atoms with Crippen molar-refractivity contribution in [1.29, 1.82) is 0 Å². The quantitative estimate of drug-likeness (QED) is 0.635. The molecular weight excluding hydrogens is 296 g/mol. The number of hydrogen-bond donors (Lipinski definition) is 1. The molecule has 0 amide bonds. The Hall–Kier alpha value is -1.80. The van der Waals surface area contributed by atoms with E-state index in [9.17, 15) is 23.3 Å². The molecule has 0 atom stereocenters. The Kier molecular flexibility index (Phi) is 5.19. The molecule has 116 valence electrons. The number of rotatable bonds is 6. The summed E-state index contributed by atoms with van der Waals surface area (Å²) in [6, 6.07) is 2.46. The third kappa shape index (κ3) is 4.08. The van der Waals surface area contributed by atoms with Gasteiger partial charge in [0.2, 0.25) is 10.0 Å². The van der Waals surface area contributed by atoms with Crippen molar-refractivity contribution >= 4 is 21.5 Å². The normalized spacial score (nSPS) is 11.7. The van der Waals surface area contributed by atoms with Crippen LogP contribution in [0.25, 0.3) is 0 Å². The molecule has 1 N–H and O–H groups in total. The summed E-state index contributed by atoms with van der Waals surface area (Å²) in [4.78, 5) is 21.4. The van der Waals surface area contributed by atoms with Gasteiger partial charge >= 0.3 is 0 Å². The Morgan fingerprint density at radius 1 is 1.29 bits per heavy atom. The molecule has 1 rings (SSSR count). The lowest BCUT2D eigenvalue weighted by Gasteiger charge is -2.10. The molecule has 0 aliphatic carbocycles. The SMILES string of the molecule is Cc1cc([N+](=O)[O-])c(S(=O)(=O)NCC(=O)C(C)C)cc1C. The highest BCUT2D eigenvalue weighted by molar-refractivity contribution is 7.89. The number of nitrogens with one attached hydrogen (secondary N) is 1. The topological polar surface area (TPSA) is 106 Å². The summed E-state index contributed by atoms with van der Waals surface area (Å²) < 4.78 is 26.5. The van der Waals surface area contributed by atoms with Crippen LogP contribution in [-0.2, 0) is 14.8 Å². The molecule has 0 aliphatic heterocycles. The van der Waals surface area contributed by atoms with Gasteiger partial charge in [0, 0.05) is 12.0 Å². The predicted molar refractivity (Wildman–Crippen MR) is 77.6 cm³/mol. The van der Waals surface area contributed by atoms with Gasteiger partial charge in [-0.15, -0.1) is 0 Å². The third-order valence-electron chi connectivity index (χ3n) is 3.14. The summed E-state index contributed by atoms with van der Waals surface area (Å²) in [6.07, 6.45) is 0. The van der Waals surface area contributed by atoms with Gasteiger partial charge in [0.1, 0.15) is 5.78 Å². The highest BCUT2D eigenvalue weighted by atomic mass is 32.2. The van der Waals surface area contributed by atoms with E-state index in [1.54, 1.807) is 27.7 Å². The summed E-state index contributed by atoms with van der Waals surface area (Å²) in [5.74, 6) is -0.604. The Morgan fingerprint density at radius 2 is 1.81 bits per heavy atom. The van der Waals surface area contributed by atoms with Gasteiger partial charge in [-0.25, -0.2) is 13.1 Å². The van der Waals surface area contributed by atoms with E-state index in [1.165, 1.54) is 12.1 Å². The zero-order valence-corrected chi connectivity index (χ0v) is 13.2. The number of nitro benzene ring substituents is 1. The standard InChI is InChI=1S/C13H18N2O5S/c1-8(2)12(16)7-14-21(19,20)13-6-10(4)9(3)5-11(13)15(17)18/h5-6,8,14H,7H2,1-4H3. The van der Waals surface area contributed by atoms with Crippen molar-refractivity contribution in [2.24, 2.45) is 5.92 Å². The summed E-state index contributed by atoms with van der Waals surface area (Å²) >= 11 is 0. The van der Waals surface area contributed by atoms with E-state index in [0.717, 1.165) is 0 Å². The fraction of sp³-hybridized carbons (Fsp3) is 0.462. The van der Waals surface area contributed by atoms with Gasteiger partial charge in [-0.3, -0.25) is 14.9 Å². The van der Waals surface area contributed by atoms with E-state index < -0.39 is 25.5 Å². The lowest BCUT2D eigenvalue weighted by molar-refractivity contribution is -0.387. The minimum absolute atomic E-state index is 0.287. The second kappa shape index (κ2) is 6.31. The largest absolute Gasteiger partial charge is 0.298 e. The van der Waals surface area contributed by atoms with Crippen molar-refractivity contribution in [3.63, 3.8) is 0 Å². The highest BCUT2D eigenvalue weighted by Crippen LogP contribution is 2.27. The van der Waals surface area contributed by atoms with Crippen LogP contribution >= 0.6 is 0 Å². The van der Waals surface area contributed by atoms with Crippen LogP contribution in [0.15, 0.2) is 17.0 Å². The van der Waals surface area contributed by atoms with E-state index >= 15 is 0 Å². The first-order valence-corrected chi connectivity index (χ1v) is 7.82. The number of carbonyl (C=O) groups excluding carboxylic acids is 1. The van der Waals surface area contributed by atoms with Crippen LogP contribution in [0.1, 0.15) is 25.0 Å². The Labute approximate surface area is 123 Å². The zero-order chi connectivity index (χ0) is 16.4. The van der Waals surface area contributed by atoms with E-state index in [1.807, 2.05) is 0 Å². The van der Waals surface area contributed by atoms with Crippen LogP contribution < -0.4 is 4.72 Å². The van der Waals surface area contributed by atoms with Gasteiger partial charge in [0.05, 0.1) is 11.5 Å². The molecule has 7 nitrogen and oxygen atoms in total. The molecular formula is C13H18N2O5S. The summed E-state index contributed by atoms with van der Waals surface area (Å²) in [5.41, 5.74) is 0.748. The van der Waals surface area contributed by atoms with Gasteiger partial charge in [-0.05, 0) is 31.0 Å². The maximum atomic E-state index is 12.2. The fourth-order valence-electron chi connectivity index (χ4n) is 1.58. The lowest BCUT2D eigenvalue weighted by Crippen LogP contribution is -2.32. The average molecular weight is 314 g/mol. The van der Waals surface area contributed by atoms with Crippen LogP contribution in [-0.4, -0.2) is 25.7 Å². The number of ketones is 1. The van der Waals surface area contributed by atoms with Crippen molar-refractivity contribution in [2.45, 2.75) is 32.6 Å². The molecule has 0 spiro atoms. The number of Topliss-reactive ketones (excluding diaryl/α,β-unsaturated/α-hetero) is 1. The van der Waals surface area contributed by atoms with E-state index in [-0.39, 0.29) is 18.2 Å². The highest BCUT2D eigenvalue weighted by Gasteiger charge is 2.27. The second-order valence-corrected chi connectivity index (χ2v) is 6.84. The maximum Gasteiger partial charge on any atom is 0.289 e. The first kappa shape index (κ1) is 17.3. The van der Waals surface area contributed by atoms with Crippen LogP contribution in [0.3, 0.4) is 0 Å². The molecule has 0 heterocycles. The van der Waals surface area contributed by atoms with Crippen LogP contribution in [0.4, 0.5) is 5.69 Å². The van der Waals surface area contributed by atoms with E-state index in [2.05, 4.69) is 4.72 Å². The number of hydrogen-bond acceptors (Lipinski definition) is 5. The van der Waals surface area contributed by atoms with Gasteiger partial charge in [0.15, 0.2) is 4.90 Å². The smallest absolute Gasteiger partial charge is 0.289 e. The van der Waals surface area contributed by atoms with Crippen molar-refractivity contribution in [2.75, 3.05) is 6.54 Å². The van der Waals surface area contributed by atoms with Crippen LogP contribution in [0.5, 0.6) is 0 Å². The molecule has 0 unspecified atom stereocenters. The summed E-state index contributed by atoms with van der Waals surface area (Å²) in [7, 11) is -4.12. The predicted octanol–water partition coefficient (Wildman–Crippen LogP) is 1.72. The van der Waals surface area contributed by atoms with Crippen molar-refractivity contribution < 1.29 is 18.1 Å². The van der Waals surface area contributed by atoms with Gasteiger partial charge in [0.25, 0.3) is 5.69 Å². The van der Waals surface area contributed by atoms with Crippen molar-refractivity contribution in [3.05, 3.63) is 33.4 Å². The van der Waals surface area contributed by atoms with Gasteiger partial charge in [-0.1, -0.05) is 13.8 Å². The number of sulfonamides is 1. The molecule has 0 bridgehead atoms. The Morgan fingerprint density at radius 3 is 2.29 bits per heavy atom. The summed E-state index contributed by atoms with van der Waals surface area (Å²) in [6.45, 7) is 6.24. The monoisotopic (exact) mass is 314 g/mol. The Balaban J connectivity index is 3.22. The fourth-order valence-corrected chi connectivity index (χ4v) is 2.81. The molecule has 21 heavy (non-hydrogen) atoms.